The molecule has 1 heterocycles. The number of rotatable bonds is 9. The highest BCUT2D eigenvalue weighted by Gasteiger charge is 2.06. The number of hydrogen-bond donors (Lipinski definition) is 1. The number of hydrogen-bond acceptors (Lipinski definition) is 5. The minimum atomic E-state index is 0.494. The molecular formula is C17H24N4O2S. The van der Waals surface area contributed by atoms with Crippen molar-refractivity contribution in [2.75, 3.05) is 13.7 Å². The zero-order chi connectivity index (χ0) is 17.4. The summed E-state index contributed by atoms with van der Waals surface area (Å²) < 4.78 is 13.2. The number of aryl methyl sites for hydroxylation is 1. The van der Waals surface area contributed by atoms with E-state index in [9.17, 15) is 0 Å². The van der Waals surface area contributed by atoms with Crippen molar-refractivity contribution in [1.29, 1.82) is 0 Å². The number of H-pyrrole nitrogens is 1. The first kappa shape index (κ1) is 18.2. The highest BCUT2D eigenvalue weighted by molar-refractivity contribution is 7.71. The molecule has 0 aliphatic rings. The third-order valence-corrected chi connectivity index (χ3v) is 3.71. The van der Waals surface area contributed by atoms with Gasteiger partial charge in [-0.05, 0) is 48.8 Å². The molecule has 2 rings (SSSR count). The second-order valence-corrected chi connectivity index (χ2v) is 5.75. The number of nitrogens with zero attached hydrogens (tertiary/aromatic N) is 3. The van der Waals surface area contributed by atoms with E-state index in [-0.39, 0.29) is 0 Å². The van der Waals surface area contributed by atoms with Gasteiger partial charge in [-0.25, -0.2) is 0 Å². The lowest BCUT2D eigenvalue weighted by molar-refractivity contribution is 0.294. The Labute approximate surface area is 147 Å². The van der Waals surface area contributed by atoms with Gasteiger partial charge in [0.15, 0.2) is 17.3 Å². The maximum atomic E-state index is 5.72. The van der Waals surface area contributed by atoms with Crippen molar-refractivity contribution in [3.8, 4) is 11.5 Å². The van der Waals surface area contributed by atoms with Crippen LogP contribution in [0.25, 0.3) is 0 Å². The summed E-state index contributed by atoms with van der Waals surface area (Å²) in [5.74, 6) is 2.27. The van der Waals surface area contributed by atoms with E-state index in [0.717, 1.165) is 37.1 Å². The Morgan fingerprint density at radius 1 is 1.29 bits per heavy atom. The summed E-state index contributed by atoms with van der Waals surface area (Å²) in [6, 6.07) is 5.71. The summed E-state index contributed by atoms with van der Waals surface area (Å²) in [5.41, 5.74) is 0.909. The molecule has 1 N–H and O–H groups in total. The molecule has 0 atom stereocenters. The lowest BCUT2D eigenvalue weighted by Crippen LogP contribution is -2.00. The first-order chi connectivity index (χ1) is 11.7. The summed E-state index contributed by atoms with van der Waals surface area (Å²) >= 11 is 5.25. The molecule has 0 radical (unpaired) electrons. The van der Waals surface area contributed by atoms with Gasteiger partial charge in [0, 0.05) is 6.42 Å². The Balaban J connectivity index is 2.23. The minimum absolute atomic E-state index is 0.494. The molecule has 7 heteroatoms. The van der Waals surface area contributed by atoms with Gasteiger partial charge >= 0.3 is 0 Å². The van der Waals surface area contributed by atoms with Gasteiger partial charge < -0.3 is 9.47 Å². The highest BCUT2D eigenvalue weighted by Crippen LogP contribution is 2.27. The second-order valence-electron chi connectivity index (χ2n) is 5.36. The molecule has 130 valence electrons. The third kappa shape index (κ3) is 4.67. The maximum absolute atomic E-state index is 5.72. The SMILES string of the molecule is CCCCc1n[nH]c(=S)n1/N=C\c1ccc(OC)c(OCCC)c1. The van der Waals surface area contributed by atoms with Crippen molar-refractivity contribution in [2.45, 2.75) is 39.5 Å². The van der Waals surface area contributed by atoms with E-state index >= 15 is 0 Å². The third-order valence-electron chi connectivity index (χ3n) is 3.44. The number of aromatic amines is 1. The van der Waals surface area contributed by atoms with Crippen LogP contribution in [-0.4, -0.2) is 34.8 Å². The van der Waals surface area contributed by atoms with E-state index in [0.29, 0.717) is 22.9 Å². The van der Waals surface area contributed by atoms with E-state index in [4.69, 9.17) is 21.7 Å². The van der Waals surface area contributed by atoms with Crippen LogP contribution >= 0.6 is 12.2 Å². The molecule has 1 aromatic carbocycles. The molecule has 0 amide bonds. The van der Waals surface area contributed by atoms with Crippen LogP contribution in [-0.2, 0) is 6.42 Å². The van der Waals surface area contributed by atoms with Crippen LogP contribution in [0.15, 0.2) is 23.3 Å². The predicted molar refractivity (Wildman–Crippen MR) is 97.8 cm³/mol. The predicted octanol–water partition coefficient (Wildman–Crippen LogP) is 3.96. The molecule has 0 saturated carbocycles. The fourth-order valence-corrected chi connectivity index (χ4v) is 2.36. The van der Waals surface area contributed by atoms with Gasteiger partial charge in [-0.15, -0.1) is 0 Å². The molecule has 24 heavy (non-hydrogen) atoms. The van der Waals surface area contributed by atoms with Gasteiger partial charge in [0.05, 0.1) is 19.9 Å². The van der Waals surface area contributed by atoms with Crippen LogP contribution < -0.4 is 9.47 Å². The zero-order valence-corrected chi connectivity index (χ0v) is 15.2. The Kier molecular flexibility index (Phi) is 6.99. The van der Waals surface area contributed by atoms with Crippen LogP contribution in [0, 0.1) is 4.77 Å². The van der Waals surface area contributed by atoms with Gasteiger partial charge in [0.2, 0.25) is 4.77 Å². The van der Waals surface area contributed by atoms with Crippen LogP contribution in [0.3, 0.4) is 0 Å². The normalized spacial score (nSPS) is 11.1. The fourth-order valence-electron chi connectivity index (χ4n) is 2.16. The van der Waals surface area contributed by atoms with Gasteiger partial charge in [-0.2, -0.15) is 14.9 Å². The Morgan fingerprint density at radius 2 is 2.12 bits per heavy atom. The van der Waals surface area contributed by atoms with Gasteiger partial charge in [0.25, 0.3) is 0 Å². The fraction of sp³-hybridized carbons (Fsp3) is 0.471. The van der Waals surface area contributed by atoms with E-state index in [1.165, 1.54) is 0 Å². The summed E-state index contributed by atoms with van der Waals surface area (Å²) in [4.78, 5) is 0. The van der Waals surface area contributed by atoms with Crippen molar-refractivity contribution in [2.24, 2.45) is 5.10 Å². The summed E-state index contributed by atoms with van der Waals surface area (Å²) in [5, 5.41) is 11.5. The lowest BCUT2D eigenvalue weighted by Gasteiger charge is -2.10. The van der Waals surface area contributed by atoms with Crippen LogP contribution in [0.5, 0.6) is 11.5 Å². The average molecular weight is 348 g/mol. The minimum Gasteiger partial charge on any atom is -0.493 e. The average Bonchev–Trinajstić information content (AvgIpc) is 2.96. The van der Waals surface area contributed by atoms with Crippen molar-refractivity contribution >= 4 is 18.4 Å². The van der Waals surface area contributed by atoms with Crippen molar-refractivity contribution in [3.63, 3.8) is 0 Å². The monoisotopic (exact) mass is 348 g/mol. The summed E-state index contributed by atoms with van der Waals surface area (Å²) in [7, 11) is 1.63. The van der Waals surface area contributed by atoms with Crippen LogP contribution in [0.2, 0.25) is 0 Å². The smallest absolute Gasteiger partial charge is 0.216 e. The first-order valence-electron chi connectivity index (χ1n) is 8.21. The summed E-state index contributed by atoms with van der Waals surface area (Å²) in [6.07, 6.45) is 5.67. The van der Waals surface area contributed by atoms with E-state index < -0.39 is 0 Å². The van der Waals surface area contributed by atoms with E-state index in [1.807, 2.05) is 18.2 Å². The van der Waals surface area contributed by atoms with Gasteiger partial charge in [0.1, 0.15) is 0 Å². The number of nitrogens with one attached hydrogen (secondary N) is 1. The van der Waals surface area contributed by atoms with Crippen LogP contribution in [0.4, 0.5) is 0 Å². The zero-order valence-electron chi connectivity index (χ0n) is 14.4. The maximum Gasteiger partial charge on any atom is 0.216 e. The number of methoxy groups -OCH3 is 1. The number of unbranched alkanes of at least 4 members (excludes halogenated alkanes) is 1. The molecule has 0 aliphatic heterocycles. The topological polar surface area (TPSA) is 64.4 Å². The Hall–Kier alpha value is -2.15. The Morgan fingerprint density at radius 3 is 2.83 bits per heavy atom. The van der Waals surface area contributed by atoms with Gasteiger partial charge in [-0.3, -0.25) is 5.10 Å². The number of ether oxygens (including phenoxy) is 2. The molecule has 0 unspecified atom stereocenters. The quantitative estimate of drug-likeness (QED) is 0.550. The summed E-state index contributed by atoms with van der Waals surface area (Å²) in [6.45, 7) is 4.85. The molecule has 0 fully saturated rings. The molecule has 0 aliphatic carbocycles. The molecule has 0 bridgehead atoms. The standard InChI is InChI=1S/C17H24N4O2S/c1-4-6-7-16-19-20-17(24)21(16)18-12-13-8-9-14(22-3)15(11-13)23-10-5-2/h8-9,11-12H,4-7,10H2,1-3H3,(H,20,24)/b18-12-. The van der Waals surface area contributed by atoms with E-state index in [1.54, 1.807) is 18.0 Å². The second kappa shape index (κ2) is 9.22. The van der Waals surface area contributed by atoms with E-state index in [2.05, 4.69) is 29.1 Å². The van der Waals surface area contributed by atoms with Gasteiger partial charge in [-0.1, -0.05) is 20.3 Å². The molecular weight excluding hydrogens is 324 g/mol. The van der Waals surface area contributed by atoms with Crippen LogP contribution in [0.1, 0.15) is 44.5 Å². The Bertz CT molecular complexity index is 736. The van der Waals surface area contributed by atoms with Crippen molar-refractivity contribution < 1.29 is 9.47 Å². The number of aromatic nitrogens is 3. The van der Waals surface area contributed by atoms with Crippen molar-refractivity contribution in [1.82, 2.24) is 14.9 Å². The first-order valence-corrected chi connectivity index (χ1v) is 8.61. The number of benzene rings is 1. The van der Waals surface area contributed by atoms with Crippen molar-refractivity contribution in [3.05, 3.63) is 34.4 Å². The molecule has 2 aromatic rings. The molecule has 0 spiro atoms. The highest BCUT2D eigenvalue weighted by atomic mass is 32.1. The lowest BCUT2D eigenvalue weighted by atomic mass is 10.2. The molecule has 6 nitrogen and oxygen atoms in total. The molecule has 0 saturated heterocycles. The largest absolute Gasteiger partial charge is 0.493 e. The molecule has 1 aromatic heterocycles.